The molecule has 0 aromatic heterocycles. The van der Waals surface area contributed by atoms with Gasteiger partial charge in [0.1, 0.15) is 0 Å². The Labute approximate surface area is 115 Å². The quantitative estimate of drug-likeness (QED) is 0.594. The minimum Gasteiger partial charge on any atom is -0.0651 e. The van der Waals surface area contributed by atoms with Crippen molar-refractivity contribution in [1.82, 2.24) is 0 Å². The van der Waals surface area contributed by atoms with Gasteiger partial charge in [0.05, 0.1) is 0 Å². The molecule has 18 heavy (non-hydrogen) atoms. The maximum absolute atomic E-state index is 2.54. The lowest BCUT2D eigenvalue weighted by molar-refractivity contribution is -0.0183. The summed E-state index contributed by atoms with van der Waals surface area (Å²) in [5.41, 5.74) is 0. The van der Waals surface area contributed by atoms with Gasteiger partial charge in [0, 0.05) is 0 Å². The minimum absolute atomic E-state index is 0.903. The van der Waals surface area contributed by atoms with Crippen molar-refractivity contribution in [3.63, 3.8) is 0 Å². The van der Waals surface area contributed by atoms with Gasteiger partial charge in [-0.05, 0) is 66.6 Å². The second kappa shape index (κ2) is 5.55. The molecule has 2 saturated carbocycles. The second-order valence-electron chi connectivity index (χ2n) is 7.95. The normalized spacial score (nSPS) is 45.5. The van der Waals surface area contributed by atoms with Crippen molar-refractivity contribution in [3.8, 4) is 0 Å². The molecule has 106 valence electrons. The predicted molar refractivity (Wildman–Crippen MR) is 80.4 cm³/mol. The van der Waals surface area contributed by atoms with Crippen LogP contribution in [0.2, 0.25) is 0 Å². The van der Waals surface area contributed by atoms with E-state index in [9.17, 15) is 0 Å². The summed E-state index contributed by atoms with van der Waals surface area (Å²) in [4.78, 5) is 0. The van der Waals surface area contributed by atoms with Gasteiger partial charge in [-0.3, -0.25) is 0 Å². The van der Waals surface area contributed by atoms with Gasteiger partial charge in [-0.15, -0.1) is 0 Å². The van der Waals surface area contributed by atoms with Crippen LogP contribution in [0.25, 0.3) is 0 Å². The van der Waals surface area contributed by atoms with Crippen LogP contribution in [0.1, 0.15) is 67.2 Å². The number of hydrogen-bond acceptors (Lipinski definition) is 0. The maximum Gasteiger partial charge on any atom is -0.0355 e. The van der Waals surface area contributed by atoms with Crippen molar-refractivity contribution >= 4 is 0 Å². The Kier molecular flexibility index (Phi) is 4.44. The molecule has 2 aliphatic rings. The summed E-state index contributed by atoms with van der Waals surface area (Å²) >= 11 is 0. The van der Waals surface area contributed by atoms with E-state index in [1.54, 1.807) is 0 Å². The van der Waals surface area contributed by atoms with Crippen molar-refractivity contribution in [2.24, 2.45) is 47.3 Å². The van der Waals surface area contributed by atoms with E-state index in [-0.39, 0.29) is 0 Å². The summed E-state index contributed by atoms with van der Waals surface area (Å²) < 4.78 is 0. The standard InChI is InChI=1S/C18H34/c1-7-15-12(4)9-17(15)14(6)10-18-13(5)8-16(18)11(2)3/h11-18H,7-10H2,1-6H3. The molecule has 0 nitrogen and oxygen atoms in total. The first kappa shape index (κ1) is 14.4. The monoisotopic (exact) mass is 250 g/mol. The van der Waals surface area contributed by atoms with E-state index in [0.29, 0.717) is 0 Å². The van der Waals surface area contributed by atoms with Gasteiger partial charge in [-0.1, -0.05) is 48.0 Å². The molecule has 2 rings (SSSR count). The van der Waals surface area contributed by atoms with Crippen LogP contribution in [0.3, 0.4) is 0 Å². The molecule has 7 atom stereocenters. The first-order valence-corrected chi connectivity index (χ1v) is 8.45. The average molecular weight is 250 g/mol. The summed E-state index contributed by atoms with van der Waals surface area (Å²) in [5.74, 6) is 8.02. The third-order valence-electron chi connectivity index (χ3n) is 6.55. The fraction of sp³-hybridized carbons (Fsp3) is 1.00. The lowest BCUT2D eigenvalue weighted by Gasteiger charge is -2.51. The van der Waals surface area contributed by atoms with Crippen LogP contribution in [0, 0.1) is 47.3 Å². The maximum atomic E-state index is 2.54. The van der Waals surface area contributed by atoms with Gasteiger partial charge < -0.3 is 0 Å². The molecule has 0 heterocycles. The van der Waals surface area contributed by atoms with Gasteiger partial charge in [0.25, 0.3) is 0 Å². The van der Waals surface area contributed by atoms with E-state index in [2.05, 4.69) is 41.5 Å². The summed E-state index contributed by atoms with van der Waals surface area (Å²) in [6.07, 6.45) is 5.92. The Hall–Kier alpha value is 0. The Balaban J connectivity index is 1.86. The zero-order valence-electron chi connectivity index (χ0n) is 13.4. The van der Waals surface area contributed by atoms with E-state index < -0.39 is 0 Å². The van der Waals surface area contributed by atoms with Crippen molar-refractivity contribution in [2.75, 3.05) is 0 Å². The van der Waals surface area contributed by atoms with Crippen LogP contribution < -0.4 is 0 Å². The van der Waals surface area contributed by atoms with Gasteiger partial charge in [-0.2, -0.15) is 0 Å². The molecule has 7 unspecified atom stereocenters. The van der Waals surface area contributed by atoms with Crippen LogP contribution in [-0.2, 0) is 0 Å². The second-order valence-corrected chi connectivity index (χ2v) is 7.95. The predicted octanol–water partition coefficient (Wildman–Crippen LogP) is 5.62. The van der Waals surface area contributed by atoms with E-state index in [1.165, 1.54) is 25.7 Å². The van der Waals surface area contributed by atoms with E-state index in [1.807, 2.05) is 0 Å². The van der Waals surface area contributed by atoms with Crippen molar-refractivity contribution in [1.29, 1.82) is 0 Å². The Morgan fingerprint density at radius 3 is 1.89 bits per heavy atom. The highest BCUT2D eigenvalue weighted by Crippen LogP contribution is 2.52. The number of hydrogen-bond donors (Lipinski definition) is 0. The first-order chi connectivity index (χ1) is 8.45. The first-order valence-electron chi connectivity index (χ1n) is 8.45. The molecular formula is C18H34. The molecule has 0 heteroatoms. The third kappa shape index (κ3) is 2.49. The van der Waals surface area contributed by atoms with E-state index >= 15 is 0 Å². The fourth-order valence-corrected chi connectivity index (χ4v) is 5.15. The molecule has 0 spiro atoms. The lowest BCUT2D eigenvalue weighted by atomic mass is 9.54. The average Bonchev–Trinajstić information content (AvgIpc) is 2.29. The Morgan fingerprint density at radius 1 is 0.889 bits per heavy atom. The van der Waals surface area contributed by atoms with E-state index in [4.69, 9.17) is 0 Å². The van der Waals surface area contributed by atoms with Gasteiger partial charge in [0.15, 0.2) is 0 Å². The molecule has 2 fully saturated rings. The zero-order chi connectivity index (χ0) is 13.4. The molecule has 0 radical (unpaired) electrons. The summed E-state index contributed by atoms with van der Waals surface area (Å²) in [6.45, 7) is 14.7. The molecule has 2 aliphatic carbocycles. The van der Waals surface area contributed by atoms with Crippen LogP contribution in [0.15, 0.2) is 0 Å². The lowest BCUT2D eigenvalue weighted by Crippen LogP contribution is -2.43. The summed E-state index contributed by atoms with van der Waals surface area (Å²) in [5, 5.41) is 0. The fourth-order valence-electron chi connectivity index (χ4n) is 5.15. The van der Waals surface area contributed by atoms with Gasteiger partial charge >= 0.3 is 0 Å². The smallest absolute Gasteiger partial charge is 0.0355 e. The van der Waals surface area contributed by atoms with Crippen molar-refractivity contribution in [3.05, 3.63) is 0 Å². The summed E-state index contributed by atoms with van der Waals surface area (Å²) in [6, 6.07) is 0. The van der Waals surface area contributed by atoms with Crippen LogP contribution >= 0.6 is 0 Å². The van der Waals surface area contributed by atoms with Crippen molar-refractivity contribution < 1.29 is 0 Å². The molecule has 0 aromatic rings. The van der Waals surface area contributed by atoms with Gasteiger partial charge in [-0.25, -0.2) is 0 Å². The minimum atomic E-state index is 0.903. The molecule has 0 saturated heterocycles. The largest absolute Gasteiger partial charge is 0.0651 e. The topological polar surface area (TPSA) is 0 Å². The zero-order valence-corrected chi connectivity index (χ0v) is 13.4. The number of rotatable bonds is 5. The molecule has 0 amide bonds. The summed E-state index contributed by atoms with van der Waals surface area (Å²) in [7, 11) is 0. The van der Waals surface area contributed by atoms with Crippen LogP contribution in [0.5, 0.6) is 0 Å². The Bertz CT molecular complexity index is 267. The Morgan fingerprint density at radius 2 is 1.44 bits per heavy atom. The van der Waals surface area contributed by atoms with Crippen LogP contribution in [-0.4, -0.2) is 0 Å². The van der Waals surface area contributed by atoms with Crippen LogP contribution in [0.4, 0.5) is 0 Å². The molecule has 0 bridgehead atoms. The van der Waals surface area contributed by atoms with Crippen molar-refractivity contribution in [2.45, 2.75) is 67.2 Å². The highest BCUT2D eigenvalue weighted by Gasteiger charge is 2.44. The SMILES string of the molecule is CCC1C(C)CC1C(C)CC1C(C)CC1C(C)C. The highest BCUT2D eigenvalue weighted by molar-refractivity contribution is 4.94. The third-order valence-corrected chi connectivity index (χ3v) is 6.55. The van der Waals surface area contributed by atoms with Gasteiger partial charge in [0.2, 0.25) is 0 Å². The molecule has 0 aromatic carbocycles. The molecule has 0 N–H and O–H groups in total. The molecule has 0 aliphatic heterocycles. The highest BCUT2D eigenvalue weighted by atomic mass is 14.5. The molecular weight excluding hydrogens is 216 g/mol. The van der Waals surface area contributed by atoms with E-state index in [0.717, 1.165) is 47.3 Å².